The van der Waals surface area contributed by atoms with E-state index in [0.29, 0.717) is 28.7 Å². The fourth-order valence-corrected chi connectivity index (χ4v) is 3.59. The highest BCUT2D eigenvalue weighted by molar-refractivity contribution is 8.04. The maximum absolute atomic E-state index is 11.6. The Hall–Kier alpha value is -2.88. The number of carboxylic acid groups (broad SMARTS) is 1. The fourth-order valence-electron chi connectivity index (χ4n) is 2.87. The molecule has 1 aromatic heterocycles. The number of aromatic nitrogens is 3. The van der Waals surface area contributed by atoms with Crippen molar-refractivity contribution in [3.8, 4) is 0 Å². The standard InChI is InChI=1S/C17H19N5O4S/c1-2-15-18-17(20-19-15)27-14(16(23)24)10-11-5-6-12(13(9-11)22(25)26)21-7-3-4-8-21/h5-6,9-10H,2-4,7-8H2,1H3,(H,23,24)(H,18,19,20)/b14-10+. The van der Waals surface area contributed by atoms with Crippen LogP contribution in [0.25, 0.3) is 6.08 Å². The van der Waals surface area contributed by atoms with Crippen molar-refractivity contribution >= 4 is 35.2 Å². The van der Waals surface area contributed by atoms with Crippen molar-refractivity contribution in [1.82, 2.24) is 15.2 Å². The molecule has 0 radical (unpaired) electrons. The van der Waals surface area contributed by atoms with Gasteiger partial charge >= 0.3 is 5.97 Å². The summed E-state index contributed by atoms with van der Waals surface area (Å²) in [5, 5.41) is 28.0. The Morgan fingerprint density at radius 1 is 1.44 bits per heavy atom. The van der Waals surface area contributed by atoms with E-state index in [1.807, 2.05) is 11.8 Å². The predicted molar refractivity (Wildman–Crippen MR) is 102 cm³/mol. The molecule has 10 heteroatoms. The maximum Gasteiger partial charge on any atom is 0.342 e. The lowest BCUT2D eigenvalue weighted by Gasteiger charge is -2.17. The number of aromatic amines is 1. The molecule has 142 valence electrons. The number of nitrogens with zero attached hydrogens (tertiary/aromatic N) is 4. The number of hydrogen-bond donors (Lipinski definition) is 2. The number of nitrogens with one attached hydrogen (secondary N) is 1. The van der Waals surface area contributed by atoms with E-state index in [1.165, 1.54) is 12.1 Å². The van der Waals surface area contributed by atoms with Gasteiger partial charge in [-0.3, -0.25) is 15.2 Å². The third-order valence-electron chi connectivity index (χ3n) is 4.20. The minimum atomic E-state index is -1.14. The van der Waals surface area contributed by atoms with Gasteiger partial charge in [0.25, 0.3) is 5.69 Å². The number of nitro groups is 1. The molecular weight excluding hydrogens is 370 g/mol. The molecule has 0 saturated carbocycles. The molecule has 0 spiro atoms. The van der Waals surface area contributed by atoms with Crippen molar-refractivity contribution in [3.63, 3.8) is 0 Å². The quantitative estimate of drug-likeness (QED) is 0.320. The molecule has 1 aromatic carbocycles. The molecule has 0 aliphatic carbocycles. The van der Waals surface area contributed by atoms with E-state index < -0.39 is 10.9 Å². The highest BCUT2D eigenvalue weighted by Crippen LogP contribution is 2.33. The van der Waals surface area contributed by atoms with E-state index >= 15 is 0 Å². The number of benzene rings is 1. The van der Waals surface area contributed by atoms with Gasteiger partial charge in [-0.25, -0.2) is 9.78 Å². The van der Waals surface area contributed by atoms with Crippen molar-refractivity contribution in [2.45, 2.75) is 31.3 Å². The molecule has 3 rings (SSSR count). The molecule has 1 aliphatic heterocycles. The van der Waals surface area contributed by atoms with E-state index in [4.69, 9.17) is 0 Å². The summed E-state index contributed by atoms with van der Waals surface area (Å²) < 4.78 is 0. The van der Waals surface area contributed by atoms with E-state index in [0.717, 1.165) is 37.7 Å². The van der Waals surface area contributed by atoms with Crippen LogP contribution in [0.15, 0.2) is 28.3 Å². The van der Waals surface area contributed by atoms with Gasteiger partial charge in [-0.2, -0.15) is 0 Å². The Kier molecular flexibility index (Phi) is 5.75. The molecule has 1 aliphatic rings. The SMILES string of the molecule is CCc1nc(S/C(=C/c2ccc(N3CCCC3)c([N+](=O)[O-])c2)C(=O)O)n[nH]1. The highest BCUT2D eigenvalue weighted by Gasteiger charge is 2.23. The Bertz CT molecular complexity index is 889. The normalized spacial score (nSPS) is 14.6. The van der Waals surface area contributed by atoms with Crippen LogP contribution in [-0.4, -0.2) is 44.3 Å². The summed E-state index contributed by atoms with van der Waals surface area (Å²) in [5.74, 6) is -0.484. The van der Waals surface area contributed by atoms with Gasteiger partial charge in [-0.05, 0) is 42.3 Å². The van der Waals surface area contributed by atoms with E-state index in [-0.39, 0.29) is 10.6 Å². The smallest absolute Gasteiger partial charge is 0.342 e. The Labute approximate surface area is 159 Å². The number of rotatable bonds is 7. The Morgan fingerprint density at radius 3 is 2.78 bits per heavy atom. The van der Waals surface area contributed by atoms with Crippen LogP contribution in [0.4, 0.5) is 11.4 Å². The summed E-state index contributed by atoms with van der Waals surface area (Å²) in [7, 11) is 0. The molecule has 0 atom stereocenters. The summed E-state index contributed by atoms with van der Waals surface area (Å²) in [6.45, 7) is 3.48. The van der Waals surface area contributed by atoms with Crippen LogP contribution in [0.3, 0.4) is 0 Å². The minimum absolute atomic E-state index is 0.0140. The van der Waals surface area contributed by atoms with Gasteiger partial charge in [-0.15, -0.1) is 5.10 Å². The molecule has 0 unspecified atom stereocenters. The highest BCUT2D eigenvalue weighted by atomic mass is 32.2. The zero-order chi connectivity index (χ0) is 19.4. The second-order valence-corrected chi connectivity index (χ2v) is 7.04. The molecule has 9 nitrogen and oxygen atoms in total. The van der Waals surface area contributed by atoms with Gasteiger partial charge in [-0.1, -0.05) is 13.0 Å². The first kappa shape index (κ1) is 18.9. The molecular formula is C17H19N5O4S. The molecule has 1 fully saturated rings. The topological polar surface area (TPSA) is 125 Å². The maximum atomic E-state index is 11.6. The number of nitro benzene ring substituents is 1. The number of aliphatic carboxylic acids is 1. The van der Waals surface area contributed by atoms with E-state index in [2.05, 4.69) is 15.2 Å². The predicted octanol–water partition coefficient (Wildman–Crippen LogP) is 3.09. The molecule has 1 saturated heterocycles. The Balaban J connectivity index is 1.91. The monoisotopic (exact) mass is 389 g/mol. The second-order valence-electron chi connectivity index (χ2n) is 6.03. The number of hydrogen-bond acceptors (Lipinski definition) is 7. The van der Waals surface area contributed by atoms with Crippen LogP contribution >= 0.6 is 11.8 Å². The summed E-state index contributed by atoms with van der Waals surface area (Å²) in [6.07, 6.45) is 4.07. The number of anilines is 1. The van der Waals surface area contributed by atoms with Crippen LogP contribution in [0.2, 0.25) is 0 Å². The van der Waals surface area contributed by atoms with Crippen molar-refractivity contribution < 1.29 is 14.8 Å². The third kappa shape index (κ3) is 4.45. The number of aryl methyl sites for hydroxylation is 1. The number of carboxylic acids is 1. The molecule has 2 heterocycles. The van der Waals surface area contributed by atoms with Gasteiger partial charge in [0, 0.05) is 25.6 Å². The molecule has 2 N–H and O–H groups in total. The summed E-state index contributed by atoms with van der Waals surface area (Å²) >= 11 is 0.899. The van der Waals surface area contributed by atoms with Crippen LogP contribution in [-0.2, 0) is 11.2 Å². The summed E-state index contributed by atoms with van der Waals surface area (Å²) in [6, 6.07) is 4.79. The molecule has 2 aromatic rings. The van der Waals surface area contributed by atoms with Crippen LogP contribution in [0, 0.1) is 10.1 Å². The van der Waals surface area contributed by atoms with Crippen LogP contribution in [0.5, 0.6) is 0 Å². The molecule has 0 bridgehead atoms. The number of carbonyl (C=O) groups is 1. The lowest BCUT2D eigenvalue weighted by atomic mass is 10.1. The molecule has 0 amide bonds. The largest absolute Gasteiger partial charge is 0.477 e. The van der Waals surface area contributed by atoms with Crippen LogP contribution < -0.4 is 4.90 Å². The van der Waals surface area contributed by atoms with Crippen molar-refractivity contribution in [2.75, 3.05) is 18.0 Å². The second kappa shape index (κ2) is 8.21. The van der Waals surface area contributed by atoms with Gasteiger partial charge < -0.3 is 10.0 Å². The van der Waals surface area contributed by atoms with Crippen molar-refractivity contribution in [2.24, 2.45) is 0 Å². The van der Waals surface area contributed by atoms with Crippen LogP contribution in [0.1, 0.15) is 31.2 Å². The fraction of sp³-hybridized carbons (Fsp3) is 0.353. The van der Waals surface area contributed by atoms with Gasteiger partial charge in [0.15, 0.2) is 0 Å². The summed E-state index contributed by atoms with van der Waals surface area (Å²) in [5.41, 5.74) is 0.994. The lowest BCUT2D eigenvalue weighted by molar-refractivity contribution is -0.384. The number of H-pyrrole nitrogens is 1. The van der Waals surface area contributed by atoms with Crippen molar-refractivity contribution in [1.29, 1.82) is 0 Å². The first-order valence-corrected chi connectivity index (χ1v) is 9.37. The molecule has 27 heavy (non-hydrogen) atoms. The zero-order valence-electron chi connectivity index (χ0n) is 14.7. The first-order valence-electron chi connectivity index (χ1n) is 8.55. The first-order chi connectivity index (χ1) is 13.0. The lowest BCUT2D eigenvalue weighted by Crippen LogP contribution is -2.18. The van der Waals surface area contributed by atoms with Gasteiger partial charge in [0.1, 0.15) is 16.4 Å². The number of thioether (sulfide) groups is 1. The zero-order valence-corrected chi connectivity index (χ0v) is 15.5. The van der Waals surface area contributed by atoms with E-state index in [9.17, 15) is 20.0 Å². The average Bonchev–Trinajstić information content (AvgIpc) is 3.32. The van der Waals surface area contributed by atoms with Gasteiger partial charge in [0.05, 0.1) is 4.92 Å². The third-order valence-corrected chi connectivity index (χ3v) is 5.08. The Morgan fingerprint density at radius 2 is 2.19 bits per heavy atom. The minimum Gasteiger partial charge on any atom is -0.477 e. The van der Waals surface area contributed by atoms with Crippen molar-refractivity contribution in [3.05, 3.63) is 44.6 Å². The van der Waals surface area contributed by atoms with Gasteiger partial charge in [0.2, 0.25) is 5.16 Å². The average molecular weight is 389 g/mol. The van der Waals surface area contributed by atoms with E-state index in [1.54, 1.807) is 12.1 Å². The summed E-state index contributed by atoms with van der Waals surface area (Å²) in [4.78, 5) is 28.8.